The molecule has 3 rings (SSSR count). The molecule has 0 aliphatic heterocycles. The van der Waals surface area contributed by atoms with Gasteiger partial charge in [-0.25, -0.2) is 9.78 Å². The van der Waals surface area contributed by atoms with Crippen LogP contribution in [0.25, 0.3) is 0 Å². The smallest absolute Gasteiger partial charge is 0.354 e. The van der Waals surface area contributed by atoms with Gasteiger partial charge in [-0.05, 0) is 55.3 Å². The maximum Gasteiger partial charge on any atom is 0.354 e. The summed E-state index contributed by atoms with van der Waals surface area (Å²) in [6.45, 7) is 3.74. The summed E-state index contributed by atoms with van der Waals surface area (Å²) in [7, 11) is 0. The Bertz CT molecular complexity index is 1100. The third-order valence-electron chi connectivity index (χ3n) is 4.60. The zero-order chi connectivity index (χ0) is 22.4. The molecule has 0 atom stereocenters. The van der Waals surface area contributed by atoms with Crippen LogP contribution in [0.4, 0.5) is 0 Å². The monoisotopic (exact) mass is 437 g/mol. The highest BCUT2D eigenvalue weighted by molar-refractivity contribution is 7.99. The lowest BCUT2D eigenvalue weighted by atomic mass is 10.0. The highest BCUT2D eigenvalue weighted by Gasteiger charge is 2.16. The minimum absolute atomic E-state index is 0.00605. The lowest BCUT2D eigenvalue weighted by molar-refractivity contribution is 0.0690. The Hall–Kier alpha value is -3.32. The minimum atomic E-state index is -1.06. The van der Waals surface area contributed by atoms with E-state index in [1.807, 2.05) is 31.2 Å². The van der Waals surface area contributed by atoms with Crippen LogP contribution < -0.4 is 4.74 Å². The number of aromatic carboxylic acids is 1. The number of nitrogens with zero attached hydrogens (tertiary/aromatic N) is 1. The average Bonchev–Trinajstić information content (AvgIpc) is 2.74. The fraction of sp³-hybridized carbons (Fsp3) is 0.208. The fourth-order valence-electron chi connectivity index (χ4n) is 3.09. The van der Waals surface area contributed by atoms with Gasteiger partial charge in [0.25, 0.3) is 0 Å². The third kappa shape index (κ3) is 5.64. The third-order valence-corrected chi connectivity index (χ3v) is 5.57. The number of Topliss-reactive ketones (excluding diaryl/α,β-unsaturated/α-hetero) is 1. The molecule has 0 amide bonds. The molecule has 0 aliphatic rings. The normalized spacial score (nSPS) is 10.6. The van der Waals surface area contributed by atoms with E-state index in [9.17, 15) is 14.7 Å². The number of hydrogen-bond acceptors (Lipinski definition) is 6. The van der Waals surface area contributed by atoms with E-state index in [0.717, 1.165) is 21.8 Å². The molecule has 1 heterocycles. The molecule has 6 nitrogen and oxygen atoms in total. The van der Waals surface area contributed by atoms with E-state index in [2.05, 4.69) is 4.98 Å². The molecule has 0 aliphatic carbocycles. The molecule has 0 saturated carbocycles. The van der Waals surface area contributed by atoms with Crippen molar-refractivity contribution < 1.29 is 24.5 Å². The van der Waals surface area contributed by atoms with Gasteiger partial charge in [0.1, 0.15) is 23.8 Å². The Morgan fingerprint density at radius 2 is 1.90 bits per heavy atom. The number of carboxylic acids is 1. The summed E-state index contributed by atoms with van der Waals surface area (Å²) < 4.78 is 5.98. The molecular formula is C24H23NO5S. The topological polar surface area (TPSA) is 96.7 Å². The van der Waals surface area contributed by atoms with Gasteiger partial charge in [-0.15, -0.1) is 0 Å². The average molecular weight is 438 g/mol. The van der Waals surface area contributed by atoms with Crippen LogP contribution in [-0.4, -0.2) is 26.9 Å². The highest BCUT2D eigenvalue weighted by Crippen LogP contribution is 2.34. The summed E-state index contributed by atoms with van der Waals surface area (Å²) in [4.78, 5) is 28.4. The Balaban J connectivity index is 1.73. The maximum absolute atomic E-state index is 11.7. The van der Waals surface area contributed by atoms with E-state index in [1.54, 1.807) is 18.2 Å². The van der Waals surface area contributed by atoms with Gasteiger partial charge < -0.3 is 14.9 Å². The summed E-state index contributed by atoms with van der Waals surface area (Å²) in [6, 6.07) is 14.3. The largest absolute Gasteiger partial charge is 0.507 e. The first kappa shape index (κ1) is 22.4. The van der Waals surface area contributed by atoms with Crippen molar-refractivity contribution in [1.82, 2.24) is 4.98 Å². The van der Waals surface area contributed by atoms with Crippen molar-refractivity contribution in [1.29, 1.82) is 0 Å². The Labute approximate surface area is 184 Å². The molecule has 0 bridgehead atoms. The number of phenolic OH excluding ortho intramolecular Hbond substituents is 1. The summed E-state index contributed by atoms with van der Waals surface area (Å²) in [5.74, 6) is -0.679. The van der Waals surface area contributed by atoms with Crippen LogP contribution in [0.3, 0.4) is 0 Å². The molecule has 2 N–H and O–H groups in total. The van der Waals surface area contributed by atoms with E-state index in [0.29, 0.717) is 29.9 Å². The van der Waals surface area contributed by atoms with Gasteiger partial charge in [-0.3, -0.25) is 4.79 Å². The molecule has 7 heteroatoms. The molecule has 0 unspecified atom stereocenters. The number of ketones is 1. The molecule has 2 aromatic carbocycles. The molecular weight excluding hydrogens is 414 g/mol. The Morgan fingerprint density at radius 3 is 2.55 bits per heavy atom. The molecule has 1 aromatic heterocycles. The summed E-state index contributed by atoms with van der Waals surface area (Å²) in [5, 5.41) is 19.4. The van der Waals surface area contributed by atoms with Gasteiger partial charge in [-0.1, -0.05) is 37.2 Å². The molecule has 0 spiro atoms. The van der Waals surface area contributed by atoms with Gasteiger partial charge in [0.15, 0.2) is 5.78 Å². The molecule has 3 aromatic rings. The van der Waals surface area contributed by atoms with Gasteiger partial charge in [0.05, 0.1) is 5.56 Å². The molecule has 0 radical (unpaired) electrons. The second-order valence-corrected chi connectivity index (χ2v) is 8.11. The number of carboxylic acid groups (broad SMARTS) is 1. The molecule has 0 saturated heterocycles. The lowest BCUT2D eigenvalue weighted by Gasteiger charge is -2.15. The Kier molecular flexibility index (Phi) is 7.31. The summed E-state index contributed by atoms with van der Waals surface area (Å²) in [5.41, 5.74) is 1.90. The van der Waals surface area contributed by atoms with E-state index < -0.39 is 5.97 Å². The van der Waals surface area contributed by atoms with Gasteiger partial charge in [0, 0.05) is 21.6 Å². The Morgan fingerprint density at radius 1 is 1.10 bits per heavy atom. The second-order valence-electron chi connectivity index (χ2n) is 6.97. The van der Waals surface area contributed by atoms with E-state index in [1.165, 1.54) is 30.9 Å². The first-order chi connectivity index (χ1) is 14.9. The zero-order valence-corrected chi connectivity index (χ0v) is 18.1. The number of phenols is 1. The van der Waals surface area contributed by atoms with Crippen molar-refractivity contribution >= 4 is 23.5 Å². The number of aromatic hydroxyl groups is 1. The van der Waals surface area contributed by atoms with Gasteiger partial charge >= 0.3 is 5.97 Å². The van der Waals surface area contributed by atoms with E-state index >= 15 is 0 Å². The van der Waals surface area contributed by atoms with Crippen LogP contribution >= 0.6 is 11.8 Å². The first-order valence-corrected chi connectivity index (χ1v) is 10.7. The minimum Gasteiger partial charge on any atom is -0.507 e. The predicted molar refractivity (Wildman–Crippen MR) is 118 cm³/mol. The number of rotatable bonds is 9. The number of benzene rings is 2. The summed E-state index contributed by atoms with van der Waals surface area (Å²) >= 11 is 1.47. The number of ether oxygens (including phenoxy) is 1. The fourth-order valence-corrected chi connectivity index (χ4v) is 3.96. The van der Waals surface area contributed by atoms with Gasteiger partial charge in [-0.2, -0.15) is 0 Å². The van der Waals surface area contributed by atoms with Crippen molar-refractivity contribution in [2.24, 2.45) is 0 Å². The van der Waals surface area contributed by atoms with Crippen LogP contribution in [0.2, 0.25) is 0 Å². The second kappa shape index (κ2) is 10.1. The van der Waals surface area contributed by atoms with Gasteiger partial charge in [0.2, 0.25) is 0 Å². The van der Waals surface area contributed by atoms with E-state index in [-0.39, 0.29) is 17.2 Å². The number of hydrogen-bond donors (Lipinski definition) is 2. The SMILES string of the molecule is CCCc1c(OCc2cccc(Sc3ccc(C(=O)O)nc3)c2)ccc(C(C)=O)c1O. The molecule has 160 valence electrons. The molecule has 31 heavy (non-hydrogen) atoms. The van der Waals surface area contributed by atoms with Crippen LogP contribution in [0.1, 0.15) is 52.2 Å². The highest BCUT2D eigenvalue weighted by atomic mass is 32.2. The van der Waals surface area contributed by atoms with Crippen molar-refractivity contribution in [2.75, 3.05) is 0 Å². The summed E-state index contributed by atoms with van der Waals surface area (Å²) in [6.07, 6.45) is 2.96. The lowest BCUT2D eigenvalue weighted by Crippen LogP contribution is -2.02. The van der Waals surface area contributed by atoms with Crippen LogP contribution in [0.5, 0.6) is 11.5 Å². The van der Waals surface area contributed by atoms with Crippen LogP contribution in [-0.2, 0) is 13.0 Å². The number of carbonyl (C=O) groups is 2. The predicted octanol–water partition coefficient (Wildman–Crippen LogP) is 5.37. The van der Waals surface area contributed by atoms with Crippen LogP contribution in [0, 0.1) is 0 Å². The first-order valence-electron chi connectivity index (χ1n) is 9.83. The molecule has 0 fully saturated rings. The van der Waals surface area contributed by atoms with Crippen molar-refractivity contribution in [3.8, 4) is 11.5 Å². The zero-order valence-electron chi connectivity index (χ0n) is 17.3. The van der Waals surface area contributed by atoms with Crippen LogP contribution in [0.15, 0.2) is 64.5 Å². The van der Waals surface area contributed by atoms with Crippen molar-refractivity contribution in [3.63, 3.8) is 0 Å². The number of aromatic nitrogens is 1. The standard InChI is InChI=1S/C24H23NO5S/c1-3-5-20-22(11-9-19(15(2)26)23(20)27)30-14-16-6-4-7-17(12-16)31-18-8-10-21(24(28)29)25-13-18/h4,6-13,27H,3,5,14H2,1-2H3,(H,28,29). The number of pyridine rings is 1. The number of carbonyl (C=O) groups excluding carboxylic acids is 1. The quantitative estimate of drug-likeness (QED) is 0.434. The van der Waals surface area contributed by atoms with Crippen molar-refractivity contribution in [3.05, 3.63) is 77.1 Å². The van der Waals surface area contributed by atoms with E-state index in [4.69, 9.17) is 9.84 Å². The van der Waals surface area contributed by atoms with Crippen molar-refractivity contribution in [2.45, 2.75) is 43.1 Å². The maximum atomic E-state index is 11.7.